The predicted octanol–water partition coefficient (Wildman–Crippen LogP) is 3.05. The Labute approximate surface area is 153 Å². The number of carbonyl (C=O) groups is 3. The van der Waals surface area contributed by atoms with Crippen LogP contribution in [0.2, 0.25) is 0 Å². The van der Waals surface area contributed by atoms with Crippen LogP contribution in [0.4, 0.5) is 11.4 Å². The summed E-state index contributed by atoms with van der Waals surface area (Å²) >= 11 is 0. The molecule has 26 heavy (non-hydrogen) atoms. The number of carbonyl (C=O) groups excluding carboxylic acids is 3. The summed E-state index contributed by atoms with van der Waals surface area (Å²) in [6.07, 6.45) is 5.21. The molecule has 0 unspecified atom stereocenters. The number of rotatable bonds is 6. The number of amides is 3. The lowest BCUT2D eigenvalue weighted by Crippen LogP contribution is -2.29. The first kappa shape index (κ1) is 19.6. The molecule has 0 heterocycles. The van der Waals surface area contributed by atoms with Crippen molar-refractivity contribution in [2.24, 2.45) is 11.0 Å². The first-order valence-corrected chi connectivity index (χ1v) is 8.95. The van der Waals surface area contributed by atoms with E-state index in [0.29, 0.717) is 17.1 Å². The largest absolute Gasteiger partial charge is 0.325 e. The fraction of sp³-hybridized carbons (Fsp3) is 0.474. The van der Waals surface area contributed by atoms with Crippen LogP contribution in [-0.2, 0) is 14.4 Å². The van der Waals surface area contributed by atoms with Gasteiger partial charge in [0.25, 0.3) is 0 Å². The number of nitrogens with zero attached hydrogens (tertiary/aromatic N) is 1. The van der Waals surface area contributed by atoms with E-state index in [1.165, 1.54) is 13.3 Å². The Balaban J connectivity index is 1.86. The molecule has 1 aliphatic rings. The summed E-state index contributed by atoms with van der Waals surface area (Å²) in [4.78, 5) is 35.5. The highest BCUT2D eigenvalue weighted by atomic mass is 16.2. The highest BCUT2D eigenvalue weighted by Crippen LogP contribution is 2.23. The quantitative estimate of drug-likeness (QED) is 0.538. The molecule has 1 aliphatic carbocycles. The lowest BCUT2D eigenvalue weighted by atomic mass is 9.89. The van der Waals surface area contributed by atoms with Crippen molar-refractivity contribution >= 4 is 34.8 Å². The summed E-state index contributed by atoms with van der Waals surface area (Å²) < 4.78 is 0. The Morgan fingerprint density at radius 2 is 1.62 bits per heavy atom. The van der Waals surface area contributed by atoms with E-state index in [4.69, 9.17) is 0 Å². The fourth-order valence-electron chi connectivity index (χ4n) is 2.96. The molecule has 3 N–H and O–H groups in total. The van der Waals surface area contributed by atoms with Crippen molar-refractivity contribution in [3.05, 3.63) is 24.3 Å². The Hall–Kier alpha value is -2.70. The molecule has 0 spiro atoms. The monoisotopic (exact) mass is 358 g/mol. The minimum Gasteiger partial charge on any atom is -0.325 e. The topological polar surface area (TPSA) is 99.7 Å². The minimum absolute atomic E-state index is 0.0265. The van der Waals surface area contributed by atoms with Gasteiger partial charge in [-0.3, -0.25) is 14.4 Å². The zero-order valence-corrected chi connectivity index (χ0v) is 15.3. The maximum absolute atomic E-state index is 12.2. The predicted molar refractivity (Wildman–Crippen MR) is 102 cm³/mol. The van der Waals surface area contributed by atoms with Crippen molar-refractivity contribution in [2.75, 3.05) is 10.6 Å². The second-order valence-electron chi connectivity index (χ2n) is 6.61. The van der Waals surface area contributed by atoms with E-state index in [0.717, 1.165) is 25.7 Å². The Bertz CT molecular complexity index is 694. The van der Waals surface area contributed by atoms with Gasteiger partial charge in [-0.15, -0.1) is 0 Å². The van der Waals surface area contributed by atoms with E-state index in [9.17, 15) is 14.4 Å². The maximum Gasteiger partial charge on any atom is 0.243 e. The zero-order valence-electron chi connectivity index (χ0n) is 15.3. The van der Waals surface area contributed by atoms with Crippen molar-refractivity contribution in [3.63, 3.8) is 0 Å². The van der Waals surface area contributed by atoms with E-state index in [1.54, 1.807) is 31.2 Å². The van der Waals surface area contributed by atoms with Crippen molar-refractivity contribution < 1.29 is 14.4 Å². The van der Waals surface area contributed by atoms with E-state index in [-0.39, 0.29) is 30.1 Å². The zero-order chi connectivity index (χ0) is 18.9. The molecule has 1 fully saturated rings. The number of anilines is 2. The van der Waals surface area contributed by atoms with Crippen LogP contribution in [-0.4, -0.2) is 23.4 Å². The minimum atomic E-state index is -0.268. The second kappa shape index (κ2) is 9.70. The van der Waals surface area contributed by atoms with E-state index < -0.39 is 0 Å². The lowest BCUT2D eigenvalue weighted by Gasteiger charge is -2.19. The molecule has 2 rings (SSSR count). The van der Waals surface area contributed by atoms with Gasteiger partial charge in [0.15, 0.2) is 0 Å². The van der Waals surface area contributed by atoms with Crippen molar-refractivity contribution in [3.8, 4) is 0 Å². The van der Waals surface area contributed by atoms with E-state index in [2.05, 4.69) is 21.2 Å². The van der Waals surface area contributed by atoms with Crippen LogP contribution in [0, 0.1) is 5.92 Å². The van der Waals surface area contributed by atoms with Crippen LogP contribution in [0.25, 0.3) is 0 Å². The van der Waals surface area contributed by atoms with Crippen LogP contribution in [0.1, 0.15) is 52.4 Å². The van der Waals surface area contributed by atoms with Gasteiger partial charge in [0.05, 0.1) is 17.8 Å². The van der Waals surface area contributed by atoms with Crippen LogP contribution in [0.5, 0.6) is 0 Å². The first-order valence-electron chi connectivity index (χ1n) is 8.95. The number of hydrazone groups is 1. The van der Waals surface area contributed by atoms with Crippen molar-refractivity contribution in [1.82, 2.24) is 5.43 Å². The summed E-state index contributed by atoms with van der Waals surface area (Å²) in [6.45, 7) is 3.10. The molecule has 140 valence electrons. The summed E-state index contributed by atoms with van der Waals surface area (Å²) in [5, 5.41) is 9.46. The van der Waals surface area contributed by atoms with Crippen LogP contribution in [0.15, 0.2) is 29.4 Å². The lowest BCUT2D eigenvalue weighted by molar-refractivity contribution is -0.126. The summed E-state index contributed by atoms with van der Waals surface area (Å²) in [5.41, 5.74) is 4.14. The molecular formula is C19H26N4O3. The Kier molecular flexibility index (Phi) is 7.32. The number of benzene rings is 1. The van der Waals surface area contributed by atoms with Gasteiger partial charge < -0.3 is 10.6 Å². The Morgan fingerprint density at radius 3 is 2.23 bits per heavy atom. The van der Waals surface area contributed by atoms with Gasteiger partial charge in [-0.2, -0.15) is 5.10 Å². The average molecular weight is 358 g/mol. The molecule has 0 radical (unpaired) electrons. The molecule has 0 aromatic heterocycles. The molecule has 1 aromatic rings. The number of nitrogens with one attached hydrogen (secondary N) is 3. The molecule has 3 amide bonds. The second-order valence-corrected chi connectivity index (χ2v) is 6.61. The van der Waals surface area contributed by atoms with Gasteiger partial charge >= 0.3 is 0 Å². The molecule has 0 bridgehead atoms. The SMILES string of the molecule is CC(=O)Nc1ccccc1NC(=O)C/C(C)=N\NC(=O)C1CCCCC1. The molecule has 0 aliphatic heterocycles. The van der Waals surface area contributed by atoms with E-state index >= 15 is 0 Å². The number of hydrogen-bond acceptors (Lipinski definition) is 4. The van der Waals surface area contributed by atoms with Crippen molar-refractivity contribution in [1.29, 1.82) is 0 Å². The highest BCUT2D eigenvalue weighted by molar-refractivity contribution is 6.07. The fourth-order valence-corrected chi connectivity index (χ4v) is 2.96. The molecule has 0 atom stereocenters. The third-order valence-electron chi connectivity index (χ3n) is 4.26. The van der Waals surface area contributed by atoms with Gasteiger partial charge in [0, 0.05) is 18.6 Å². The standard InChI is InChI=1S/C19H26N4O3/c1-13(22-23-19(26)15-8-4-3-5-9-15)12-18(25)21-17-11-7-6-10-16(17)20-14(2)24/h6-7,10-11,15H,3-5,8-9,12H2,1-2H3,(H,20,24)(H,21,25)(H,23,26)/b22-13-. The normalized spacial score (nSPS) is 15.2. The van der Waals surface area contributed by atoms with Gasteiger partial charge in [-0.1, -0.05) is 31.4 Å². The average Bonchev–Trinajstić information content (AvgIpc) is 2.61. The third-order valence-corrected chi connectivity index (χ3v) is 4.26. The summed E-state index contributed by atoms with van der Waals surface area (Å²) in [5.74, 6) is -0.523. The summed E-state index contributed by atoms with van der Waals surface area (Å²) in [7, 11) is 0. The number of para-hydroxylation sites is 2. The van der Waals surface area contributed by atoms with Gasteiger partial charge in [0.1, 0.15) is 0 Å². The molecule has 0 saturated heterocycles. The smallest absolute Gasteiger partial charge is 0.243 e. The summed E-state index contributed by atoms with van der Waals surface area (Å²) in [6, 6.07) is 6.96. The third kappa shape index (κ3) is 6.31. The highest BCUT2D eigenvalue weighted by Gasteiger charge is 2.20. The van der Waals surface area contributed by atoms with Crippen LogP contribution >= 0.6 is 0 Å². The van der Waals surface area contributed by atoms with Crippen molar-refractivity contribution in [2.45, 2.75) is 52.4 Å². The molecule has 1 aromatic carbocycles. The van der Waals surface area contributed by atoms with Gasteiger partial charge in [-0.05, 0) is 31.9 Å². The maximum atomic E-state index is 12.2. The first-order chi connectivity index (χ1) is 12.5. The van der Waals surface area contributed by atoms with Gasteiger partial charge in [-0.25, -0.2) is 5.43 Å². The molecule has 7 nitrogen and oxygen atoms in total. The van der Waals surface area contributed by atoms with Crippen LogP contribution in [0.3, 0.4) is 0 Å². The van der Waals surface area contributed by atoms with Gasteiger partial charge in [0.2, 0.25) is 17.7 Å². The molecular weight excluding hydrogens is 332 g/mol. The molecule has 7 heteroatoms. The van der Waals surface area contributed by atoms with Crippen LogP contribution < -0.4 is 16.1 Å². The molecule has 1 saturated carbocycles. The van der Waals surface area contributed by atoms with E-state index in [1.807, 2.05) is 0 Å². The number of hydrogen-bond donors (Lipinski definition) is 3. The Morgan fingerprint density at radius 1 is 1.00 bits per heavy atom.